The predicted octanol–water partition coefficient (Wildman–Crippen LogP) is 21.3. The molecule has 0 saturated heterocycles. The Labute approximate surface area is 719 Å². The van der Waals surface area contributed by atoms with Crippen molar-refractivity contribution in [1.82, 2.24) is 24.9 Å². The lowest BCUT2D eigenvalue weighted by Gasteiger charge is -2.15. The third-order valence-electron chi connectivity index (χ3n) is 20.2. The average Bonchev–Trinajstić information content (AvgIpc) is 1.56. The molecule has 5 heterocycles. The van der Waals surface area contributed by atoms with E-state index in [0.717, 1.165) is 182 Å². The number of aromatic nitrogens is 5. The highest BCUT2D eigenvalue weighted by atomic mass is 35.5. The molecule has 16 rings (SSSR count). The van der Waals surface area contributed by atoms with Crippen LogP contribution in [0.4, 0.5) is 0 Å². The zero-order valence-corrected chi connectivity index (χ0v) is 72.3. The van der Waals surface area contributed by atoms with E-state index in [1.807, 2.05) is 192 Å². The standard InChI is InChI=1S/C22H23NO4.C21H22ClNO4.C21H21NO4.C19H18ClNO3.C14H15NO3/c1-14-19(25-3)11-10-18-20(12-21(23-22(14)18)27-17-8-9-17)26-13-15-4-6-16(24-2)7-5-15;1-14-18(25-3)9-8-17-19(12-20(23-21(14)17)26-11-10-22)27-13-15-4-6-16(24-2)7-5-15;1-5-25-20-12-19(26-13-15-6-8-16(23-3)9-7-15)17-10-11-18(24-4)14(2)21(17)22-20;1-12-16(23-3)9-8-15-17(10-18(20)21-19(12)15)24-11-13-4-6-14(22-2)7-5-13;1-8-12(17-2)6-5-10-11(16)7-13(15-14(8)10)18-9-3-4-9/h4-7,10-12,17H,8-9,13H2,1-3H3;4-9,12H,10-11,13H2,1-3H3;5-12H,1,13H2,2-4H3;4-10H,11H2,1-3H3;5-7,9H,3-4H2,1-2H3,(H,15,16). The molecule has 122 heavy (non-hydrogen) atoms. The molecule has 2 aliphatic rings. The summed E-state index contributed by atoms with van der Waals surface area (Å²) in [5, 5.41) is 4.71. The number of alkyl halides is 1. The highest BCUT2D eigenvalue weighted by molar-refractivity contribution is 6.30. The molecule has 14 aromatic rings. The van der Waals surface area contributed by atoms with Gasteiger partial charge in [0.2, 0.25) is 17.6 Å². The van der Waals surface area contributed by atoms with Gasteiger partial charge in [-0.2, -0.15) is 0 Å². The number of ether oxygens (including phenoxy) is 17. The Hall–Kier alpha value is -13.3. The maximum absolute atomic E-state index is 12.0. The molecule has 0 radical (unpaired) electrons. The van der Waals surface area contributed by atoms with Crippen LogP contribution in [0.25, 0.3) is 54.5 Å². The van der Waals surface area contributed by atoms with E-state index in [9.17, 15) is 4.79 Å². The topological polar surface area (TPSA) is 241 Å². The van der Waals surface area contributed by atoms with E-state index in [2.05, 4.69) is 26.5 Å². The van der Waals surface area contributed by atoms with Crippen molar-refractivity contribution in [2.45, 2.75) is 98.9 Å². The molecule has 0 unspecified atom stereocenters. The van der Waals surface area contributed by atoms with E-state index >= 15 is 0 Å². The van der Waals surface area contributed by atoms with E-state index in [1.54, 1.807) is 88.3 Å². The molecule has 634 valence electrons. The minimum absolute atomic E-state index is 0.0230. The number of halogens is 2. The number of nitrogens with zero attached hydrogens (tertiary/aromatic N) is 4. The van der Waals surface area contributed by atoms with Crippen molar-refractivity contribution >= 4 is 77.7 Å². The number of benzene rings is 9. The summed E-state index contributed by atoms with van der Waals surface area (Å²) in [5.41, 5.74) is 12.8. The van der Waals surface area contributed by atoms with Gasteiger partial charge >= 0.3 is 0 Å². The van der Waals surface area contributed by atoms with Crippen LogP contribution < -0.4 is 86.0 Å². The summed E-state index contributed by atoms with van der Waals surface area (Å²) in [6.07, 6.45) is 6.18. The average molecular weight is 1690 g/mol. The molecule has 2 aliphatic carbocycles. The number of rotatable bonds is 30. The third-order valence-corrected chi connectivity index (χ3v) is 20.5. The van der Waals surface area contributed by atoms with Crippen molar-refractivity contribution in [1.29, 1.82) is 0 Å². The SMILES string of the molecule is C=COc1cc(OCc2ccc(OC)cc2)c2ccc(OC)c(C)c2n1.COc1ccc(COc2cc(Cl)nc3c(C)c(OC)ccc23)cc1.COc1ccc(COc2cc(OC3CC3)nc3c(C)c(OC)ccc23)cc1.COc1ccc(COc2cc(OCCCl)nc3c(C)c(OC)ccc23)cc1.COc1ccc2c(=O)cc(OC3CC3)[nH]c2c1C. The molecule has 5 aromatic heterocycles. The highest BCUT2D eigenvalue weighted by Crippen LogP contribution is 2.41. The number of pyridine rings is 5. The summed E-state index contributed by atoms with van der Waals surface area (Å²) in [6, 6.07) is 58.9. The molecule has 9 aromatic carbocycles. The minimum atomic E-state index is -0.0230. The Balaban J connectivity index is 0.000000140. The Bertz CT molecular complexity index is 5990. The van der Waals surface area contributed by atoms with Gasteiger partial charge in [-0.3, -0.25) is 4.79 Å². The molecule has 2 saturated carbocycles. The van der Waals surface area contributed by atoms with Gasteiger partial charge in [0.05, 0.1) is 104 Å². The Morgan fingerprint density at radius 1 is 0.361 bits per heavy atom. The molecular weight excluding hydrogens is 1590 g/mol. The lowest BCUT2D eigenvalue weighted by atomic mass is 10.1. The quantitative estimate of drug-likeness (QED) is 0.0250. The Morgan fingerprint density at radius 2 is 0.680 bits per heavy atom. The maximum atomic E-state index is 12.0. The molecule has 0 bridgehead atoms. The van der Waals surface area contributed by atoms with Crippen molar-refractivity contribution in [2.75, 3.05) is 76.5 Å². The van der Waals surface area contributed by atoms with Gasteiger partial charge < -0.3 is 85.5 Å². The lowest BCUT2D eigenvalue weighted by Crippen LogP contribution is -2.07. The summed E-state index contributed by atoms with van der Waals surface area (Å²) in [7, 11) is 14.8. The van der Waals surface area contributed by atoms with Crippen molar-refractivity contribution < 1.29 is 80.5 Å². The molecule has 1 N–H and O–H groups in total. The highest BCUT2D eigenvalue weighted by Gasteiger charge is 2.27. The van der Waals surface area contributed by atoms with Gasteiger partial charge in [-0.1, -0.05) is 66.7 Å². The first-order valence-corrected chi connectivity index (χ1v) is 40.3. The van der Waals surface area contributed by atoms with Gasteiger partial charge in [-0.15, -0.1) is 11.6 Å². The molecule has 0 aliphatic heterocycles. The van der Waals surface area contributed by atoms with Crippen LogP contribution in [-0.4, -0.2) is 114 Å². The molecule has 2 fully saturated rings. The molecule has 25 heteroatoms. The first-order chi connectivity index (χ1) is 59.3. The number of H-pyrrole nitrogens is 1. The largest absolute Gasteiger partial charge is 0.497 e. The number of fused-ring (bicyclic) bond motifs is 5. The van der Waals surface area contributed by atoms with Crippen molar-refractivity contribution in [3.05, 3.63) is 266 Å². The first-order valence-electron chi connectivity index (χ1n) is 39.4. The van der Waals surface area contributed by atoms with Gasteiger partial charge in [0, 0.05) is 85.1 Å². The van der Waals surface area contributed by atoms with Crippen LogP contribution in [0.1, 0.15) is 75.8 Å². The number of hydrogen-bond donors (Lipinski definition) is 1. The lowest BCUT2D eigenvalue weighted by molar-refractivity contribution is 0.282. The minimum Gasteiger partial charge on any atom is -0.497 e. The summed E-state index contributed by atoms with van der Waals surface area (Å²) >= 11 is 11.9. The summed E-state index contributed by atoms with van der Waals surface area (Å²) in [6.45, 7) is 15.5. The van der Waals surface area contributed by atoms with E-state index < -0.39 is 0 Å². The van der Waals surface area contributed by atoms with Crippen LogP contribution in [0.15, 0.2) is 206 Å². The Morgan fingerprint density at radius 3 is 1.03 bits per heavy atom. The van der Waals surface area contributed by atoms with Crippen molar-refractivity contribution in [2.24, 2.45) is 0 Å². The number of hydrogen-bond acceptors (Lipinski definition) is 22. The first kappa shape index (κ1) is 88.0. The molecule has 0 spiro atoms. The third kappa shape index (κ3) is 22.4. The van der Waals surface area contributed by atoms with E-state index in [1.165, 1.54) is 12.3 Å². The second kappa shape index (κ2) is 42.1. The number of methoxy groups -OCH3 is 9. The van der Waals surface area contributed by atoms with Gasteiger partial charge in [0.15, 0.2) is 11.3 Å². The van der Waals surface area contributed by atoms with E-state index in [0.29, 0.717) is 90.2 Å². The zero-order valence-electron chi connectivity index (χ0n) is 70.8. The molecule has 23 nitrogen and oxygen atoms in total. The smallest absolute Gasteiger partial charge is 0.222 e. The monoisotopic (exact) mass is 1690 g/mol. The summed E-state index contributed by atoms with van der Waals surface area (Å²) in [4.78, 5) is 33.4. The molecular formula is C97H99Cl2N5O18. The fraction of sp³-hybridized carbons (Fsp3) is 0.268. The summed E-state index contributed by atoms with van der Waals surface area (Å²) in [5.74, 6) is 12.4. The zero-order chi connectivity index (χ0) is 86.3. The van der Waals surface area contributed by atoms with Gasteiger partial charge in [0.25, 0.3) is 0 Å². The van der Waals surface area contributed by atoms with Crippen LogP contribution in [0.5, 0.6) is 98.3 Å². The number of nitrogens with one attached hydrogen (secondary N) is 1. The van der Waals surface area contributed by atoms with Crippen molar-refractivity contribution in [3.8, 4) is 98.3 Å². The van der Waals surface area contributed by atoms with Crippen LogP contribution in [0.2, 0.25) is 5.15 Å². The summed E-state index contributed by atoms with van der Waals surface area (Å²) < 4.78 is 94.5. The second-order valence-electron chi connectivity index (χ2n) is 28.3. The number of aromatic amines is 1. The van der Waals surface area contributed by atoms with Crippen LogP contribution in [-0.2, 0) is 26.4 Å². The van der Waals surface area contributed by atoms with Crippen LogP contribution in [0, 0.1) is 34.6 Å². The van der Waals surface area contributed by atoms with Gasteiger partial charge in [-0.25, -0.2) is 19.9 Å². The fourth-order valence-corrected chi connectivity index (χ4v) is 13.4. The van der Waals surface area contributed by atoms with Crippen LogP contribution in [0.3, 0.4) is 0 Å². The van der Waals surface area contributed by atoms with Crippen molar-refractivity contribution in [3.63, 3.8) is 0 Å². The maximum Gasteiger partial charge on any atom is 0.222 e. The molecule has 0 amide bonds. The van der Waals surface area contributed by atoms with Gasteiger partial charge in [0.1, 0.15) is 125 Å². The van der Waals surface area contributed by atoms with E-state index in [-0.39, 0.29) is 17.6 Å². The van der Waals surface area contributed by atoms with Gasteiger partial charge in [-0.05, 0) is 192 Å². The predicted molar refractivity (Wildman–Crippen MR) is 477 cm³/mol. The Kier molecular flexibility index (Phi) is 30.4. The normalized spacial score (nSPS) is 11.8. The molecule has 0 atom stereocenters. The van der Waals surface area contributed by atoms with Crippen LogP contribution >= 0.6 is 23.2 Å². The fourth-order valence-electron chi connectivity index (χ4n) is 13.2. The second-order valence-corrected chi connectivity index (χ2v) is 29.1. The number of aryl methyl sites for hydroxylation is 5. The van der Waals surface area contributed by atoms with E-state index in [4.69, 9.17) is 109 Å².